The Labute approximate surface area is 81.6 Å². The Morgan fingerprint density at radius 2 is 1.85 bits per heavy atom. The summed E-state index contributed by atoms with van der Waals surface area (Å²) in [7, 11) is 0. The highest BCUT2D eigenvalue weighted by Crippen LogP contribution is 1.99. The zero-order valence-electron chi connectivity index (χ0n) is 8.67. The van der Waals surface area contributed by atoms with Gasteiger partial charge in [0.1, 0.15) is 0 Å². The number of ether oxygens (including phenoxy) is 1. The van der Waals surface area contributed by atoms with E-state index in [0.717, 1.165) is 45.3 Å². The molecule has 0 radical (unpaired) electrons. The van der Waals surface area contributed by atoms with E-state index in [1.807, 2.05) is 0 Å². The van der Waals surface area contributed by atoms with Crippen molar-refractivity contribution in [2.45, 2.75) is 39.0 Å². The minimum Gasteiger partial charge on any atom is -0.396 e. The van der Waals surface area contributed by atoms with Crippen LogP contribution in [0.15, 0.2) is 12.2 Å². The third kappa shape index (κ3) is 11.7. The molecule has 0 aromatic carbocycles. The van der Waals surface area contributed by atoms with Gasteiger partial charge in [-0.15, -0.1) is 0 Å². The van der Waals surface area contributed by atoms with Gasteiger partial charge in [0.05, 0.1) is 6.61 Å². The molecule has 2 heteroatoms. The zero-order chi connectivity index (χ0) is 9.78. The van der Waals surface area contributed by atoms with Gasteiger partial charge >= 0.3 is 0 Å². The van der Waals surface area contributed by atoms with E-state index in [2.05, 4.69) is 19.1 Å². The fourth-order valence-electron chi connectivity index (χ4n) is 1.06. The highest BCUT2D eigenvalue weighted by molar-refractivity contribution is 4.79. The first-order chi connectivity index (χ1) is 6.41. The van der Waals surface area contributed by atoms with Crippen molar-refractivity contribution in [2.24, 2.45) is 0 Å². The number of hydrogen-bond acceptors (Lipinski definition) is 2. The minimum atomic E-state index is 0.320. The Morgan fingerprint density at radius 1 is 1.08 bits per heavy atom. The molecule has 0 aromatic heterocycles. The maximum Gasteiger partial charge on any atom is 0.0647 e. The van der Waals surface area contributed by atoms with Gasteiger partial charge in [0, 0.05) is 13.2 Å². The van der Waals surface area contributed by atoms with Crippen molar-refractivity contribution in [3.05, 3.63) is 12.2 Å². The van der Waals surface area contributed by atoms with E-state index in [9.17, 15) is 0 Å². The van der Waals surface area contributed by atoms with Gasteiger partial charge in [-0.3, -0.25) is 0 Å². The molecule has 0 bridgehead atoms. The van der Waals surface area contributed by atoms with E-state index < -0.39 is 0 Å². The summed E-state index contributed by atoms with van der Waals surface area (Å²) in [6, 6.07) is 0. The predicted molar refractivity (Wildman–Crippen MR) is 55.8 cm³/mol. The lowest BCUT2D eigenvalue weighted by Gasteiger charge is -2.00. The summed E-state index contributed by atoms with van der Waals surface area (Å²) in [5, 5.41) is 8.53. The Bertz CT molecular complexity index is 111. The second-order valence-electron chi connectivity index (χ2n) is 3.09. The smallest absolute Gasteiger partial charge is 0.0647 e. The standard InChI is InChI=1S/C11H22O2/c1-2-3-7-10-13-11-8-5-4-6-9-12/h3,7,12H,2,4-6,8-11H2,1H3. The maximum absolute atomic E-state index is 8.53. The summed E-state index contributed by atoms with van der Waals surface area (Å²) in [5.74, 6) is 0. The van der Waals surface area contributed by atoms with E-state index in [0.29, 0.717) is 6.61 Å². The van der Waals surface area contributed by atoms with Gasteiger partial charge in [-0.1, -0.05) is 31.9 Å². The van der Waals surface area contributed by atoms with Crippen LogP contribution in [-0.4, -0.2) is 24.9 Å². The SMILES string of the molecule is CCC=CCOCCCCCCO. The molecule has 2 nitrogen and oxygen atoms in total. The second-order valence-corrected chi connectivity index (χ2v) is 3.09. The monoisotopic (exact) mass is 186 g/mol. The quantitative estimate of drug-likeness (QED) is 0.443. The van der Waals surface area contributed by atoms with Crippen LogP contribution in [0.5, 0.6) is 0 Å². The molecule has 0 aliphatic carbocycles. The van der Waals surface area contributed by atoms with Crippen LogP contribution in [0.1, 0.15) is 39.0 Å². The van der Waals surface area contributed by atoms with E-state index in [4.69, 9.17) is 9.84 Å². The number of hydrogen-bond donors (Lipinski definition) is 1. The van der Waals surface area contributed by atoms with Gasteiger partial charge in [-0.2, -0.15) is 0 Å². The van der Waals surface area contributed by atoms with Crippen molar-refractivity contribution in [2.75, 3.05) is 19.8 Å². The molecule has 0 atom stereocenters. The van der Waals surface area contributed by atoms with Crippen LogP contribution in [0, 0.1) is 0 Å². The first-order valence-corrected chi connectivity index (χ1v) is 5.25. The summed E-state index contributed by atoms with van der Waals surface area (Å²) in [5.41, 5.74) is 0. The van der Waals surface area contributed by atoms with Gasteiger partial charge in [0.15, 0.2) is 0 Å². The fourth-order valence-corrected chi connectivity index (χ4v) is 1.06. The molecular formula is C11H22O2. The lowest BCUT2D eigenvalue weighted by molar-refractivity contribution is 0.156. The first kappa shape index (κ1) is 12.7. The Kier molecular flexibility index (Phi) is 11.4. The number of aliphatic hydroxyl groups excluding tert-OH is 1. The van der Waals surface area contributed by atoms with Crippen molar-refractivity contribution in [1.82, 2.24) is 0 Å². The van der Waals surface area contributed by atoms with E-state index in [1.165, 1.54) is 0 Å². The zero-order valence-corrected chi connectivity index (χ0v) is 8.67. The van der Waals surface area contributed by atoms with Crippen LogP contribution >= 0.6 is 0 Å². The van der Waals surface area contributed by atoms with Crippen LogP contribution in [0.4, 0.5) is 0 Å². The summed E-state index contributed by atoms with van der Waals surface area (Å²) >= 11 is 0. The average molecular weight is 186 g/mol. The molecule has 0 saturated heterocycles. The minimum absolute atomic E-state index is 0.320. The highest BCUT2D eigenvalue weighted by atomic mass is 16.5. The summed E-state index contributed by atoms with van der Waals surface area (Å²) in [4.78, 5) is 0. The largest absolute Gasteiger partial charge is 0.396 e. The van der Waals surface area contributed by atoms with Crippen molar-refractivity contribution in [3.8, 4) is 0 Å². The third-order valence-electron chi connectivity index (χ3n) is 1.81. The lowest BCUT2D eigenvalue weighted by Crippen LogP contribution is -1.94. The lowest BCUT2D eigenvalue weighted by atomic mass is 10.2. The summed E-state index contributed by atoms with van der Waals surface area (Å²) in [6.07, 6.45) is 9.58. The number of unbranched alkanes of at least 4 members (excludes halogenated alkanes) is 3. The van der Waals surface area contributed by atoms with Gasteiger partial charge in [-0.25, -0.2) is 0 Å². The molecule has 0 amide bonds. The molecule has 78 valence electrons. The summed E-state index contributed by atoms with van der Waals surface area (Å²) in [6.45, 7) is 4.03. The molecule has 0 aliphatic heterocycles. The summed E-state index contributed by atoms with van der Waals surface area (Å²) < 4.78 is 5.37. The Hall–Kier alpha value is -0.340. The van der Waals surface area contributed by atoms with E-state index in [1.54, 1.807) is 0 Å². The normalized spacial score (nSPS) is 11.2. The van der Waals surface area contributed by atoms with Crippen molar-refractivity contribution >= 4 is 0 Å². The number of allylic oxidation sites excluding steroid dienone is 1. The third-order valence-corrected chi connectivity index (χ3v) is 1.81. The number of rotatable bonds is 9. The average Bonchev–Trinajstić information content (AvgIpc) is 2.16. The molecule has 0 rings (SSSR count). The molecular weight excluding hydrogens is 164 g/mol. The molecule has 0 spiro atoms. The molecule has 0 heterocycles. The van der Waals surface area contributed by atoms with Crippen LogP contribution in [0.3, 0.4) is 0 Å². The van der Waals surface area contributed by atoms with E-state index in [-0.39, 0.29) is 0 Å². The van der Waals surface area contributed by atoms with E-state index >= 15 is 0 Å². The molecule has 1 N–H and O–H groups in total. The molecule has 13 heavy (non-hydrogen) atoms. The molecule has 0 aromatic rings. The number of aliphatic hydroxyl groups is 1. The second kappa shape index (κ2) is 11.7. The first-order valence-electron chi connectivity index (χ1n) is 5.25. The molecule has 0 aliphatic rings. The van der Waals surface area contributed by atoms with Gasteiger partial charge in [0.2, 0.25) is 0 Å². The Balaban J connectivity index is 2.87. The Morgan fingerprint density at radius 3 is 2.54 bits per heavy atom. The van der Waals surface area contributed by atoms with Crippen molar-refractivity contribution in [1.29, 1.82) is 0 Å². The van der Waals surface area contributed by atoms with Crippen LogP contribution in [0.2, 0.25) is 0 Å². The highest BCUT2D eigenvalue weighted by Gasteiger charge is 1.88. The fraction of sp³-hybridized carbons (Fsp3) is 0.818. The van der Waals surface area contributed by atoms with Gasteiger partial charge < -0.3 is 9.84 Å². The molecule has 0 unspecified atom stereocenters. The maximum atomic E-state index is 8.53. The van der Waals surface area contributed by atoms with Gasteiger partial charge in [0.25, 0.3) is 0 Å². The predicted octanol–water partition coefficient (Wildman–Crippen LogP) is 2.52. The topological polar surface area (TPSA) is 29.5 Å². The molecule has 0 saturated carbocycles. The van der Waals surface area contributed by atoms with Crippen LogP contribution in [0.25, 0.3) is 0 Å². The van der Waals surface area contributed by atoms with Gasteiger partial charge in [-0.05, 0) is 19.3 Å². The van der Waals surface area contributed by atoms with Crippen LogP contribution in [-0.2, 0) is 4.74 Å². The van der Waals surface area contributed by atoms with Crippen LogP contribution < -0.4 is 0 Å². The molecule has 0 fully saturated rings. The van der Waals surface area contributed by atoms with Crippen molar-refractivity contribution < 1.29 is 9.84 Å². The van der Waals surface area contributed by atoms with Crippen molar-refractivity contribution in [3.63, 3.8) is 0 Å².